The fourth-order valence-corrected chi connectivity index (χ4v) is 2.52. The first kappa shape index (κ1) is 12.7. The molecule has 1 aliphatic rings. The van der Waals surface area contributed by atoms with Crippen LogP contribution >= 0.6 is 0 Å². The molecule has 0 atom stereocenters. The minimum atomic E-state index is 0.630. The van der Waals surface area contributed by atoms with Gasteiger partial charge in [0.15, 0.2) is 5.69 Å². The van der Waals surface area contributed by atoms with Crippen LogP contribution in [-0.4, -0.2) is 34.4 Å². The number of nitrogens with one attached hydrogen (secondary N) is 1. The fraction of sp³-hybridized carbons (Fsp3) is 0.357. The number of imidazole rings is 1. The zero-order valence-corrected chi connectivity index (χ0v) is 11.7. The minimum absolute atomic E-state index is 0.630. The predicted octanol–water partition coefficient (Wildman–Crippen LogP) is -0.192. The molecule has 0 bridgehead atoms. The lowest BCUT2D eigenvalue weighted by Crippen LogP contribution is -2.37. The molecular formula is C14H20N6+2. The Morgan fingerprint density at radius 3 is 2.95 bits per heavy atom. The van der Waals surface area contributed by atoms with E-state index >= 15 is 0 Å². The average molecular weight is 272 g/mol. The number of aryl methyl sites for hydroxylation is 1. The van der Waals surface area contributed by atoms with E-state index in [4.69, 9.17) is 5.73 Å². The third-order valence-corrected chi connectivity index (χ3v) is 3.69. The second kappa shape index (κ2) is 5.32. The van der Waals surface area contributed by atoms with Crippen LogP contribution in [-0.2, 0) is 7.05 Å². The van der Waals surface area contributed by atoms with Crippen LogP contribution in [0.1, 0.15) is 18.5 Å². The summed E-state index contributed by atoms with van der Waals surface area (Å²) in [5.41, 5.74) is 11.0. The monoisotopic (exact) mass is 272 g/mol. The summed E-state index contributed by atoms with van der Waals surface area (Å²) in [5, 5.41) is 4.23. The maximum atomic E-state index is 5.96. The summed E-state index contributed by atoms with van der Waals surface area (Å²) in [5.74, 6) is 0.630. The van der Waals surface area contributed by atoms with E-state index in [1.165, 1.54) is 12.8 Å². The second-order valence-corrected chi connectivity index (χ2v) is 5.03. The van der Waals surface area contributed by atoms with E-state index in [1.807, 2.05) is 31.6 Å². The van der Waals surface area contributed by atoms with Crippen molar-refractivity contribution < 1.29 is 8.98 Å². The highest BCUT2D eigenvalue weighted by molar-refractivity contribution is 5.80. The number of hydrogen-bond acceptors (Lipinski definition) is 1. The molecule has 3 heterocycles. The summed E-state index contributed by atoms with van der Waals surface area (Å²) in [6.45, 7) is 2.02. The molecule has 0 spiro atoms. The van der Waals surface area contributed by atoms with Crippen LogP contribution in [0.5, 0.6) is 0 Å². The Bertz CT molecular complexity index is 674. The number of aromatic nitrogens is 2. The van der Waals surface area contributed by atoms with Gasteiger partial charge in [-0.15, -0.1) is 5.10 Å². The Labute approximate surface area is 117 Å². The normalized spacial score (nSPS) is 15.3. The SMILES string of the molecule is Cn1c(/C=N\NC(N)=[N+]2CCCC2)c[n+]2ccccc12. The maximum absolute atomic E-state index is 5.96. The van der Waals surface area contributed by atoms with Gasteiger partial charge in [-0.1, -0.05) is 6.07 Å². The summed E-state index contributed by atoms with van der Waals surface area (Å²) in [7, 11) is 2.02. The number of nitrogens with zero attached hydrogens (tertiary/aromatic N) is 4. The van der Waals surface area contributed by atoms with Crippen LogP contribution in [0.25, 0.3) is 5.65 Å². The zero-order valence-electron chi connectivity index (χ0n) is 11.7. The molecule has 1 saturated heterocycles. The molecule has 0 unspecified atom stereocenters. The van der Waals surface area contributed by atoms with Crippen LogP contribution < -0.4 is 15.6 Å². The molecular weight excluding hydrogens is 252 g/mol. The highest BCUT2D eigenvalue weighted by Gasteiger charge is 2.14. The lowest BCUT2D eigenvalue weighted by molar-refractivity contribution is -0.510. The van der Waals surface area contributed by atoms with Gasteiger partial charge < -0.3 is 0 Å². The maximum Gasteiger partial charge on any atom is 0.367 e. The van der Waals surface area contributed by atoms with Gasteiger partial charge in [0, 0.05) is 6.07 Å². The largest absolute Gasteiger partial charge is 0.367 e. The van der Waals surface area contributed by atoms with Gasteiger partial charge in [0.05, 0.1) is 26.3 Å². The molecule has 3 rings (SSSR count). The smallest absolute Gasteiger partial charge is 0.289 e. The fourth-order valence-electron chi connectivity index (χ4n) is 2.52. The van der Waals surface area contributed by atoms with Crippen LogP contribution in [0.3, 0.4) is 0 Å². The molecule has 1 fully saturated rings. The van der Waals surface area contributed by atoms with Crippen molar-refractivity contribution in [3.63, 3.8) is 0 Å². The topological polar surface area (TPSA) is 62.5 Å². The van der Waals surface area contributed by atoms with Crippen LogP contribution in [0.15, 0.2) is 35.7 Å². The first-order chi connectivity index (χ1) is 9.75. The number of nitrogens with two attached hydrogens (primary N) is 1. The third kappa shape index (κ3) is 2.36. The number of guanidine groups is 1. The van der Waals surface area contributed by atoms with Gasteiger partial charge in [-0.3, -0.25) is 10.3 Å². The second-order valence-electron chi connectivity index (χ2n) is 5.03. The van der Waals surface area contributed by atoms with Crippen molar-refractivity contribution in [2.24, 2.45) is 17.9 Å². The van der Waals surface area contributed by atoms with E-state index in [0.29, 0.717) is 5.96 Å². The number of fused-ring (bicyclic) bond motifs is 1. The van der Waals surface area contributed by atoms with E-state index in [2.05, 4.69) is 30.1 Å². The molecule has 0 radical (unpaired) electrons. The Balaban J connectivity index is 1.77. The Kier molecular flexibility index (Phi) is 3.37. The van der Waals surface area contributed by atoms with Gasteiger partial charge in [-0.05, 0) is 18.9 Å². The van der Waals surface area contributed by atoms with Gasteiger partial charge in [0.1, 0.15) is 12.4 Å². The molecule has 2 aromatic heterocycles. The van der Waals surface area contributed by atoms with E-state index in [1.54, 1.807) is 6.21 Å². The third-order valence-electron chi connectivity index (χ3n) is 3.69. The molecule has 0 amide bonds. The first-order valence-electron chi connectivity index (χ1n) is 6.88. The zero-order chi connectivity index (χ0) is 13.9. The van der Waals surface area contributed by atoms with E-state index in [0.717, 1.165) is 24.4 Å². The molecule has 104 valence electrons. The van der Waals surface area contributed by atoms with Crippen molar-refractivity contribution in [2.45, 2.75) is 12.8 Å². The quantitative estimate of drug-likeness (QED) is 0.344. The molecule has 0 saturated carbocycles. The Hall–Kier alpha value is -2.37. The number of rotatable bonds is 2. The van der Waals surface area contributed by atoms with E-state index in [9.17, 15) is 0 Å². The minimum Gasteiger partial charge on any atom is -0.289 e. The Morgan fingerprint density at radius 2 is 2.20 bits per heavy atom. The molecule has 3 N–H and O–H groups in total. The van der Waals surface area contributed by atoms with Crippen LogP contribution in [0, 0.1) is 0 Å². The summed E-state index contributed by atoms with van der Waals surface area (Å²) < 4.78 is 6.26. The van der Waals surface area contributed by atoms with E-state index in [-0.39, 0.29) is 0 Å². The molecule has 20 heavy (non-hydrogen) atoms. The van der Waals surface area contributed by atoms with Crippen LogP contribution in [0.4, 0.5) is 0 Å². The van der Waals surface area contributed by atoms with Gasteiger partial charge >= 0.3 is 5.96 Å². The molecule has 6 nitrogen and oxygen atoms in total. The van der Waals surface area contributed by atoms with Crippen molar-refractivity contribution in [3.05, 3.63) is 36.3 Å². The van der Waals surface area contributed by atoms with Gasteiger partial charge in [-0.25, -0.2) is 8.97 Å². The molecule has 1 aliphatic heterocycles. The van der Waals surface area contributed by atoms with Crippen molar-refractivity contribution in [3.8, 4) is 0 Å². The summed E-state index contributed by atoms with van der Waals surface area (Å²) in [6, 6.07) is 6.09. The summed E-state index contributed by atoms with van der Waals surface area (Å²) >= 11 is 0. The first-order valence-corrected chi connectivity index (χ1v) is 6.88. The highest BCUT2D eigenvalue weighted by atomic mass is 15.4. The lowest BCUT2D eigenvalue weighted by Gasteiger charge is -1.99. The predicted molar refractivity (Wildman–Crippen MR) is 77.7 cm³/mol. The highest BCUT2D eigenvalue weighted by Crippen LogP contribution is 2.01. The number of hydrogen-bond donors (Lipinski definition) is 2. The standard InChI is InChI=1S/C14H19N6/c1-18-12(11-20-9-3-2-6-13(18)20)10-16-17-14(15)19-7-4-5-8-19/h2-3,6,9-11H,4-5,7-8H2,1H3,(H2,15,17)/q+1/p+1/b16-10-. The van der Waals surface area contributed by atoms with Crippen molar-refractivity contribution >= 4 is 17.8 Å². The lowest BCUT2D eigenvalue weighted by atomic mass is 10.4. The summed E-state index contributed by atoms with van der Waals surface area (Å²) in [4.78, 5) is 0. The molecule has 0 aromatic carbocycles. The van der Waals surface area contributed by atoms with Gasteiger partial charge in [-0.2, -0.15) is 5.43 Å². The van der Waals surface area contributed by atoms with Crippen molar-refractivity contribution in [1.82, 2.24) is 9.99 Å². The van der Waals surface area contributed by atoms with E-state index < -0.39 is 0 Å². The van der Waals surface area contributed by atoms with Crippen molar-refractivity contribution in [2.75, 3.05) is 13.1 Å². The number of hydrazone groups is 1. The van der Waals surface area contributed by atoms with Gasteiger partial charge in [0.2, 0.25) is 0 Å². The van der Waals surface area contributed by atoms with Crippen LogP contribution in [0.2, 0.25) is 0 Å². The molecule has 6 heteroatoms. The number of pyridine rings is 1. The Morgan fingerprint density at radius 1 is 1.40 bits per heavy atom. The summed E-state index contributed by atoms with van der Waals surface area (Å²) in [6.07, 6.45) is 8.24. The molecule has 0 aliphatic carbocycles. The van der Waals surface area contributed by atoms with Crippen molar-refractivity contribution in [1.29, 1.82) is 0 Å². The molecule has 2 aromatic rings. The average Bonchev–Trinajstić information content (AvgIpc) is 3.09. The van der Waals surface area contributed by atoms with Gasteiger partial charge in [0.25, 0.3) is 5.65 Å².